The van der Waals surface area contributed by atoms with Gasteiger partial charge in [0.05, 0.1) is 0 Å². The molecule has 6 heavy (non-hydrogen) atoms. The van der Waals surface area contributed by atoms with Gasteiger partial charge in [-0.15, -0.1) is 0 Å². The van der Waals surface area contributed by atoms with Crippen LogP contribution in [0.4, 0.5) is 0 Å². The van der Waals surface area contributed by atoms with Gasteiger partial charge in [-0.25, -0.2) is 0 Å². The van der Waals surface area contributed by atoms with Crippen molar-refractivity contribution < 1.29 is 4.79 Å². The van der Waals surface area contributed by atoms with Crippen LogP contribution in [0, 0.1) is 0 Å². The lowest BCUT2D eigenvalue weighted by Gasteiger charge is -1.63. The van der Waals surface area contributed by atoms with E-state index in [1.54, 1.807) is 6.08 Å². The second-order valence-corrected chi connectivity index (χ2v) is 1.37. The fraction of sp³-hybridized carbons (Fsp3) is 0.250. The van der Waals surface area contributed by atoms with E-state index in [2.05, 4.69) is 15.9 Å². The minimum absolute atomic E-state index is 0.751. The van der Waals surface area contributed by atoms with Crippen molar-refractivity contribution in [3.05, 3.63) is 12.2 Å². The third-order valence-corrected chi connectivity index (χ3v) is 0.678. The molecule has 0 aromatic rings. The smallest absolute Gasteiger partial charge is 0.142 e. The van der Waals surface area contributed by atoms with Gasteiger partial charge in [-0.3, -0.25) is 4.79 Å². The Balaban J connectivity index is 2.94. The molecule has 0 aliphatic carbocycles. The van der Waals surface area contributed by atoms with E-state index >= 15 is 0 Å². The number of aldehydes is 1. The average molecular weight is 149 g/mol. The van der Waals surface area contributed by atoms with Crippen LogP contribution in [-0.4, -0.2) is 11.6 Å². The number of hydrogen-bond acceptors (Lipinski definition) is 1. The van der Waals surface area contributed by atoms with Crippen LogP contribution in [0.5, 0.6) is 0 Å². The summed E-state index contributed by atoms with van der Waals surface area (Å²) in [6.07, 6.45) is 3.93. The lowest BCUT2D eigenvalue weighted by Crippen LogP contribution is -1.59. The monoisotopic (exact) mass is 148 g/mol. The first-order valence-corrected chi connectivity index (χ1v) is 2.70. The summed E-state index contributed by atoms with van der Waals surface area (Å²) in [4.78, 5) is 9.46. The zero-order valence-corrected chi connectivity index (χ0v) is 4.81. The minimum Gasteiger partial charge on any atom is -0.299 e. The predicted octanol–water partition coefficient (Wildman–Crippen LogP) is 1.14. The Hall–Kier alpha value is -0.110. The minimum atomic E-state index is 0.751. The van der Waals surface area contributed by atoms with E-state index in [4.69, 9.17) is 0 Å². The Morgan fingerprint density at radius 2 is 2.33 bits per heavy atom. The molecule has 1 nitrogen and oxygen atoms in total. The van der Waals surface area contributed by atoms with E-state index in [9.17, 15) is 4.79 Å². The van der Waals surface area contributed by atoms with Crippen molar-refractivity contribution in [1.29, 1.82) is 0 Å². The molecular weight excluding hydrogens is 144 g/mol. The number of halogens is 1. The maximum atomic E-state index is 9.46. The van der Waals surface area contributed by atoms with Gasteiger partial charge in [-0.2, -0.15) is 0 Å². The standard InChI is InChI=1S/C4H5BrO/c5-3-1-2-4-6/h1-2,4H,3H2/b2-1-. The molecule has 0 aromatic heterocycles. The largest absolute Gasteiger partial charge is 0.299 e. The summed E-state index contributed by atoms with van der Waals surface area (Å²) < 4.78 is 0. The average Bonchev–Trinajstić information content (AvgIpc) is 1.61. The van der Waals surface area contributed by atoms with Crippen molar-refractivity contribution in [3.63, 3.8) is 0 Å². The van der Waals surface area contributed by atoms with Gasteiger partial charge < -0.3 is 0 Å². The van der Waals surface area contributed by atoms with Crippen molar-refractivity contribution in [2.75, 3.05) is 5.33 Å². The van der Waals surface area contributed by atoms with Crippen molar-refractivity contribution in [2.45, 2.75) is 0 Å². The van der Waals surface area contributed by atoms with Crippen LogP contribution in [0.25, 0.3) is 0 Å². The van der Waals surface area contributed by atoms with E-state index in [0.717, 1.165) is 11.6 Å². The summed E-state index contributed by atoms with van der Waals surface area (Å²) >= 11 is 3.10. The summed E-state index contributed by atoms with van der Waals surface area (Å²) in [5.41, 5.74) is 0. The van der Waals surface area contributed by atoms with Crippen LogP contribution in [0.3, 0.4) is 0 Å². The molecule has 0 fully saturated rings. The SMILES string of the molecule is O=C/C=C\CBr. The Morgan fingerprint density at radius 1 is 1.67 bits per heavy atom. The van der Waals surface area contributed by atoms with Gasteiger partial charge in [0.15, 0.2) is 0 Å². The molecule has 0 aromatic carbocycles. The molecule has 0 unspecified atom stereocenters. The maximum absolute atomic E-state index is 9.46. The van der Waals surface area contributed by atoms with Crippen LogP contribution in [0.2, 0.25) is 0 Å². The zero-order valence-electron chi connectivity index (χ0n) is 3.23. The van der Waals surface area contributed by atoms with E-state index in [1.807, 2.05) is 0 Å². The number of carbonyl (C=O) groups is 1. The Bertz CT molecular complexity index is 58.6. The van der Waals surface area contributed by atoms with E-state index < -0.39 is 0 Å². The molecule has 0 heterocycles. The number of alkyl halides is 1. The van der Waals surface area contributed by atoms with Crippen molar-refractivity contribution in [1.82, 2.24) is 0 Å². The Labute approximate surface area is 45.2 Å². The van der Waals surface area contributed by atoms with Gasteiger partial charge >= 0.3 is 0 Å². The Morgan fingerprint density at radius 3 is 2.50 bits per heavy atom. The first-order valence-electron chi connectivity index (χ1n) is 1.58. The molecule has 0 radical (unpaired) electrons. The van der Waals surface area contributed by atoms with Crippen molar-refractivity contribution in [2.24, 2.45) is 0 Å². The normalized spacial score (nSPS) is 9.50. The lowest BCUT2D eigenvalue weighted by atomic mass is 10.6. The van der Waals surface area contributed by atoms with Crippen LogP contribution in [0.1, 0.15) is 0 Å². The molecule has 0 aliphatic rings. The van der Waals surface area contributed by atoms with Gasteiger partial charge in [0, 0.05) is 5.33 Å². The highest BCUT2D eigenvalue weighted by Crippen LogP contribution is 1.77. The quantitative estimate of drug-likeness (QED) is 0.326. The number of allylic oxidation sites excluding steroid dienone is 2. The fourth-order valence-corrected chi connectivity index (χ4v) is 0.323. The van der Waals surface area contributed by atoms with Gasteiger partial charge in [-0.05, 0) is 6.08 Å². The van der Waals surface area contributed by atoms with E-state index in [1.165, 1.54) is 6.08 Å². The summed E-state index contributed by atoms with van der Waals surface area (Å²) in [7, 11) is 0. The van der Waals surface area contributed by atoms with Gasteiger partial charge in [0.2, 0.25) is 0 Å². The fourth-order valence-electron chi connectivity index (χ4n) is 0.107. The summed E-state index contributed by atoms with van der Waals surface area (Å²) in [5, 5.41) is 0.756. The molecule has 0 atom stereocenters. The molecule has 2 heteroatoms. The highest BCUT2D eigenvalue weighted by Gasteiger charge is 1.60. The van der Waals surface area contributed by atoms with Crippen LogP contribution in [-0.2, 0) is 4.79 Å². The molecule has 0 rings (SSSR count). The van der Waals surface area contributed by atoms with Gasteiger partial charge in [0.1, 0.15) is 6.29 Å². The molecule has 0 bridgehead atoms. The van der Waals surface area contributed by atoms with Crippen molar-refractivity contribution in [3.8, 4) is 0 Å². The first kappa shape index (κ1) is 5.89. The second-order valence-electron chi connectivity index (χ2n) is 0.719. The highest BCUT2D eigenvalue weighted by molar-refractivity contribution is 9.09. The molecule has 0 aliphatic heterocycles. The van der Waals surface area contributed by atoms with Gasteiger partial charge in [-0.1, -0.05) is 22.0 Å². The molecule has 0 amide bonds. The molecule has 34 valence electrons. The Kier molecular flexibility index (Phi) is 4.80. The van der Waals surface area contributed by atoms with Gasteiger partial charge in [0.25, 0.3) is 0 Å². The molecule has 0 N–H and O–H groups in total. The lowest BCUT2D eigenvalue weighted by molar-refractivity contribution is -0.104. The van der Waals surface area contributed by atoms with E-state index in [-0.39, 0.29) is 0 Å². The van der Waals surface area contributed by atoms with Crippen molar-refractivity contribution >= 4 is 22.2 Å². The number of rotatable bonds is 2. The predicted molar refractivity (Wildman–Crippen MR) is 29.0 cm³/mol. The second kappa shape index (κ2) is 4.89. The van der Waals surface area contributed by atoms with E-state index in [0.29, 0.717) is 0 Å². The maximum Gasteiger partial charge on any atom is 0.142 e. The summed E-state index contributed by atoms with van der Waals surface area (Å²) in [6, 6.07) is 0. The molecule has 0 saturated heterocycles. The summed E-state index contributed by atoms with van der Waals surface area (Å²) in [6.45, 7) is 0. The topological polar surface area (TPSA) is 17.1 Å². The van der Waals surface area contributed by atoms with Crippen LogP contribution >= 0.6 is 15.9 Å². The third kappa shape index (κ3) is 3.89. The third-order valence-electron chi connectivity index (χ3n) is 0.304. The number of hydrogen-bond donors (Lipinski definition) is 0. The first-order chi connectivity index (χ1) is 2.91. The van der Waals surface area contributed by atoms with Crippen LogP contribution < -0.4 is 0 Å². The molecular formula is C4H5BrO. The zero-order chi connectivity index (χ0) is 4.83. The molecule has 0 saturated carbocycles. The summed E-state index contributed by atoms with van der Waals surface area (Å²) in [5.74, 6) is 0. The highest BCUT2D eigenvalue weighted by atomic mass is 79.9. The van der Waals surface area contributed by atoms with Crippen LogP contribution in [0.15, 0.2) is 12.2 Å². The number of carbonyl (C=O) groups excluding carboxylic acids is 1. The molecule has 0 spiro atoms.